The molecule has 1 amide bonds. The highest BCUT2D eigenvalue weighted by Gasteiger charge is 2.42. The van der Waals surface area contributed by atoms with E-state index in [0.29, 0.717) is 36.8 Å². The van der Waals surface area contributed by atoms with Gasteiger partial charge in [-0.1, -0.05) is 31.2 Å². The SMILES string of the molecule is CCC(c1ccc(CNc2nc(N)cc(N3C(=O)OCC3(C)C)n2)cc1)N1CCNCC1. The van der Waals surface area contributed by atoms with Crippen LogP contribution in [0, 0.1) is 0 Å². The highest BCUT2D eigenvalue weighted by atomic mass is 16.6. The van der Waals surface area contributed by atoms with Crippen LogP contribution in [0.1, 0.15) is 44.4 Å². The summed E-state index contributed by atoms with van der Waals surface area (Å²) in [6.07, 6.45) is 0.664. The number of hydrogen-bond donors (Lipinski definition) is 3. The number of rotatable bonds is 7. The molecule has 2 aromatic rings. The number of piperazine rings is 1. The molecule has 2 aliphatic heterocycles. The van der Waals surface area contributed by atoms with E-state index >= 15 is 0 Å². The summed E-state index contributed by atoms with van der Waals surface area (Å²) in [5, 5.41) is 6.65. The fourth-order valence-corrected chi connectivity index (χ4v) is 4.40. The zero-order chi connectivity index (χ0) is 22.7. The van der Waals surface area contributed by atoms with Crippen molar-refractivity contribution in [2.75, 3.05) is 48.7 Å². The van der Waals surface area contributed by atoms with Gasteiger partial charge in [-0.15, -0.1) is 0 Å². The maximum atomic E-state index is 12.2. The van der Waals surface area contributed by atoms with Crippen LogP contribution in [0.5, 0.6) is 0 Å². The van der Waals surface area contributed by atoms with Crippen molar-refractivity contribution < 1.29 is 9.53 Å². The minimum Gasteiger partial charge on any atom is -0.447 e. The highest BCUT2D eigenvalue weighted by Crippen LogP contribution is 2.30. The maximum absolute atomic E-state index is 12.2. The van der Waals surface area contributed by atoms with E-state index in [-0.39, 0.29) is 0 Å². The number of nitrogen functional groups attached to an aromatic ring is 1. The van der Waals surface area contributed by atoms with Crippen LogP contribution in [0.15, 0.2) is 30.3 Å². The van der Waals surface area contributed by atoms with E-state index in [0.717, 1.165) is 38.2 Å². The molecule has 9 nitrogen and oxygen atoms in total. The first kappa shape index (κ1) is 22.3. The molecule has 1 aromatic heterocycles. The molecule has 32 heavy (non-hydrogen) atoms. The van der Waals surface area contributed by atoms with Crippen molar-refractivity contribution >= 4 is 23.7 Å². The fourth-order valence-electron chi connectivity index (χ4n) is 4.40. The lowest BCUT2D eigenvalue weighted by Crippen LogP contribution is -2.45. The van der Waals surface area contributed by atoms with Crippen LogP contribution in [0.4, 0.5) is 22.4 Å². The molecular formula is C23H33N7O2. The van der Waals surface area contributed by atoms with Crippen molar-refractivity contribution in [1.82, 2.24) is 20.2 Å². The van der Waals surface area contributed by atoms with Gasteiger partial charge in [-0.3, -0.25) is 9.80 Å². The second kappa shape index (κ2) is 9.30. The number of amides is 1. The van der Waals surface area contributed by atoms with Crippen LogP contribution in [0.25, 0.3) is 0 Å². The summed E-state index contributed by atoms with van der Waals surface area (Å²) >= 11 is 0. The predicted octanol–water partition coefficient (Wildman–Crippen LogP) is 2.76. The molecule has 9 heteroatoms. The van der Waals surface area contributed by atoms with Crippen molar-refractivity contribution in [3.63, 3.8) is 0 Å². The molecule has 172 valence electrons. The number of cyclic esters (lactones) is 1. The summed E-state index contributed by atoms with van der Waals surface area (Å²) in [4.78, 5) is 25.1. The topological polar surface area (TPSA) is 109 Å². The smallest absolute Gasteiger partial charge is 0.416 e. The lowest BCUT2D eigenvalue weighted by Gasteiger charge is -2.34. The Kier molecular flexibility index (Phi) is 6.48. The van der Waals surface area contributed by atoms with Crippen molar-refractivity contribution in [3.05, 3.63) is 41.5 Å². The number of nitrogens with zero attached hydrogens (tertiary/aromatic N) is 4. The first-order valence-corrected chi connectivity index (χ1v) is 11.3. The third-order valence-corrected chi connectivity index (χ3v) is 6.09. The van der Waals surface area contributed by atoms with Gasteiger partial charge in [-0.05, 0) is 31.4 Å². The molecule has 4 N–H and O–H groups in total. The minimum absolute atomic E-state index is 0.296. The van der Waals surface area contributed by atoms with Gasteiger partial charge in [0.1, 0.15) is 18.2 Å². The van der Waals surface area contributed by atoms with Crippen LogP contribution in [0.2, 0.25) is 0 Å². The lowest BCUT2D eigenvalue weighted by atomic mass is 10.0. The van der Waals surface area contributed by atoms with E-state index in [1.54, 1.807) is 6.07 Å². The molecule has 2 saturated heterocycles. The Morgan fingerprint density at radius 3 is 2.56 bits per heavy atom. The Labute approximate surface area is 189 Å². The molecule has 1 unspecified atom stereocenters. The molecule has 1 aromatic carbocycles. The van der Waals surface area contributed by atoms with Crippen LogP contribution >= 0.6 is 0 Å². The number of benzene rings is 1. The Hall–Kier alpha value is -2.91. The van der Waals surface area contributed by atoms with E-state index in [1.807, 2.05) is 13.8 Å². The average molecular weight is 440 g/mol. The summed E-state index contributed by atoms with van der Waals surface area (Å²) in [6.45, 7) is 11.2. The Balaban J connectivity index is 1.43. The number of anilines is 3. The summed E-state index contributed by atoms with van der Waals surface area (Å²) in [5.74, 6) is 1.11. The summed E-state index contributed by atoms with van der Waals surface area (Å²) in [6, 6.07) is 10.7. The largest absolute Gasteiger partial charge is 0.447 e. The zero-order valence-electron chi connectivity index (χ0n) is 19.1. The molecule has 3 heterocycles. The van der Waals surface area contributed by atoms with Crippen LogP contribution in [-0.4, -0.2) is 59.3 Å². The Bertz CT molecular complexity index is 942. The molecule has 0 saturated carbocycles. The third-order valence-electron chi connectivity index (χ3n) is 6.09. The van der Waals surface area contributed by atoms with E-state index in [9.17, 15) is 4.79 Å². The number of ether oxygens (including phenoxy) is 1. The predicted molar refractivity (Wildman–Crippen MR) is 126 cm³/mol. The van der Waals surface area contributed by atoms with Gasteiger partial charge in [-0.25, -0.2) is 4.79 Å². The van der Waals surface area contributed by atoms with E-state index in [2.05, 4.69) is 56.7 Å². The second-order valence-electron chi connectivity index (χ2n) is 8.98. The molecule has 0 spiro atoms. The number of carbonyl (C=O) groups is 1. The molecule has 0 radical (unpaired) electrons. The van der Waals surface area contributed by atoms with Crippen LogP contribution in [-0.2, 0) is 11.3 Å². The van der Waals surface area contributed by atoms with Crippen molar-refractivity contribution in [3.8, 4) is 0 Å². The van der Waals surface area contributed by atoms with E-state index in [4.69, 9.17) is 10.5 Å². The number of aromatic nitrogens is 2. The fraction of sp³-hybridized carbons (Fsp3) is 0.522. The third kappa shape index (κ3) is 4.78. The molecule has 1 atom stereocenters. The van der Waals surface area contributed by atoms with Gasteiger partial charge in [-0.2, -0.15) is 9.97 Å². The summed E-state index contributed by atoms with van der Waals surface area (Å²) in [7, 11) is 0. The molecular weight excluding hydrogens is 406 g/mol. The Morgan fingerprint density at radius 2 is 1.94 bits per heavy atom. The summed E-state index contributed by atoms with van der Waals surface area (Å²) in [5.41, 5.74) is 7.96. The summed E-state index contributed by atoms with van der Waals surface area (Å²) < 4.78 is 5.19. The quantitative estimate of drug-likeness (QED) is 0.604. The van der Waals surface area contributed by atoms with E-state index < -0.39 is 11.6 Å². The average Bonchev–Trinajstić information content (AvgIpc) is 3.06. The van der Waals surface area contributed by atoms with Crippen molar-refractivity contribution in [2.24, 2.45) is 0 Å². The first-order chi connectivity index (χ1) is 15.4. The van der Waals surface area contributed by atoms with Gasteiger partial charge >= 0.3 is 6.09 Å². The van der Waals surface area contributed by atoms with Gasteiger partial charge in [0.2, 0.25) is 5.95 Å². The zero-order valence-corrected chi connectivity index (χ0v) is 19.1. The maximum Gasteiger partial charge on any atom is 0.416 e. The number of nitrogens with one attached hydrogen (secondary N) is 2. The Morgan fingerprint density at radius 1 is 1.22 bits per heavy atom. The van der Waals surface area contributed by atoms with Gasteiger partial charge < -0.3 is 21.1 Å². The molecule has 0 aliphatic carbocycles. The molecule has 0 bridgehead atoms. The lowest BCUT2D eigenvalue weighted by molar-refractivity contribution is 0.169. The molecule has 2 fully saturated rings. The van der Waals surface area contributed by atoms with Gasteiger partial charge in [0.25, 0.3) is 0 Å². The van der Waals surface area contributed by atoms with Gasteiger partial charge in [0, 0.05) is 44.8 Å². The number of hydrogen-bond acceptors (Lipinski definition) is 8. The van der Waals surface area contributed by atoms with Crippen molar-refractivity contribution in [1.29, 1.82) is 0 Å². The van der Waals surface area contributed by atoms with E-state index in [1.165, 1.54) is 10.5 Å². The normalized spacial score (nSPS) is 19.6. The number of nitrogens with two attached hydrogens (primary N) is 1. The van der Waals surface area contributed by atoms with Crippen molar-refractivity contribution in [2.45, 2.75) is 45.3 Å². The molecule has 2 aliphatic rings. The van der Waals surface area contributed by atoms with Gasteiger partial charge in [0.15, 0.2) is 0 Å². The number of carbonyl (C=O) groups excluding carboxylic acids is 1. The van der Waals surface area contributed by atoms with Crippen LogP contribution in [0.3, 0.4) is 0 Å². The first-order valence-electron chi connectivity index (χ1n) is 11.3. The highest BCUT2D eigenvalue weighted by molar-refractivity contribution is 5.90. The minimum atomic E-state index is -0.495. The molecule has 4 rings (SSSR count). The van der Waals surface area contributed by atoms with Gasteiger partial charge in [0.05, 0.1) is 5.54 Å². The standard InChI is InChI=1S/C23H33N7O2/c1-4-18(29-11-9-25-10-12-29)17-7-5-16(6-8-17)14-26-21-27-19(24)13-20(28-21)30-22(31)32-15-23(30,2)3/h5-8,13,18,25H,4,9-12,14-15H2,1-3H3,(H3,24,26,27,28). The second-order valence-corrected chi connectivity index (χ2v) is 8.98. The van der Waals surface area contributed by atoms with Crippen LogP contribution < -0.4 is 21.3 Å². The monoisotopic (exact) mass is 439 g/mol.